The van der Waals surface area contributed by atoms with Gasteiger partial charge in [0, 0.05) is 42.2 Å². The molecular weight excluding hydrogens is 502 g/mol. The van der Waals surface area contributed by atoms with Gasteiger partial charge in [-0.05, 0) is 69.8 Å². The molecular formula is C32H43N5O3. The molecule has 2 amide bonds. The molecule has 0 bridgehead atoms. The Hall–Kier alpha value is -3.36. The predicted molar refractivity (Wildman–Crippen MR) is 158 cm³/mol. The van der Waals surface area contributed by atoms with E-state index >= 15 is 0 Å². The van der Waals surface area contributed by atoms with Crippen LogP contribution in [0.5, 0.6) is 5.75 Å². The second-order valence-electron chi connectivity index (χ2n) is 11.0. The first-order valence-electron chi connectivity index (χ1n) is 14.9. The number of fused-ring (bicyclic) bond motifs is 1. The zero-order chi connectivity index (χ0) is 27.7. The van der Waals surface area contributed by atoms with Crippen molar-refractivity contribution < 1.29 is 14.3 Å². The molecule has 214 valence electrons. The largest absolute Gasteiger partial charge is 0.494 e. The van der Waals surface area contributed by atoms with Gasteiger partial charge in [0.2, 0.25) is 11.8 Å². The number of benzene rings is 2. The van der Waals surface area contributed by atoms with Crippen LogP contribution in [0.1, 0.15) is 56.6 Å². The molecule has 5 rings (SSSR count). The van der Waals surface area contributed by atoms with E-state index < -0.39 is 6.04 Å². The van der Waals surface area contributed by atoms with Gasteiger partial charge in [0.1, 0.15) is 11.8 Å². The molecule has 0 radical (unpaired) electrons. The Morgan fingerprint density at radius 2 is 1.75 bits per heavy atom. The first-order valence-corrected chi connectivity index (χ1v) is 14.9. The Bertz CT molecular complexity index is 1270. The quantitative estimate of drug-likeness (QED) is 0.336. The van der Waals surface area contributed by atoms with Crippen molar-refractivity contribution in [3.63, 3.8) is 0 Å². The summed E-state index contributed by atoms with van der Waals surface area (Å²) in [5.41, 5.74) is 2.94. The minimum atomic E-state index is -0.691. The first-order chi connectivity index (χ1) is 19.6. The average Bonchev–Trinajstić information content (AvgIpc) is 3.40. The number of carbonyl (C=O) groups is 2. The molecule has 2 aliphatic rings. The smallest absolute Gasteiger partial charge is 0.243 e. The zero-order valence-electron chi connectivity index (χ0n) is 23.7. The van der Waals surface area contributed by atoms with Crippen LogP contribution in [0, 0.1) is 0 Å². The van der Waals surface area contributed by atoms with E-state index in [1.165, 1.54) is 25.7 Å². The first kappa shape index (κ1) is 28.2. The van der Waals surface area contributed by atoms with Crippen LogP contribution >= 0.6 is 0 Å². The summed E-state index contributed by atoms with van der Waals surface area (Å²) in [7, 11) is 0. The van der Waals surface area contributed by atoms with Crippen molar-refractivity contribution in [2.24, 2.45) is 0 Å². The van der Waals surface area contributed by atoms with E-state index in [1.54, 1.807) is 0 Å². The highest BCUT2D eigenvalue weighted by Crippen LogP contribution is 2.24. The molecule has 8 nitrogen and oxygen atoms in total. The lowest BCUT2D eigenvalue weighted by molar-refractivity contribution is -0.131. The summed E-state index contributed by atoms with van der Waals surface area (Å²) in [5.74, 6) is 0.464. The summed E-state index contributed by atoms with van der Waals surface area (Å²) in [5, 5.41) is 7.24. The Kier molecular flexibility index (Phi) is 9.73. The van der Waals surface area contributed by atoms with Crippen LogP contribution in [0.2, 0.25) is 0 Å². The van der Waals surface area contributed by atoms with E-state index in [0.29, 0.717) is 32.3 Å². The van der Waals surface area contributed by atoms with Gasteiger partial charge in [-0.25, -0.2) is 0 Å². The van der Waals surface area contributed by atoms with Crippen molar-refractivity contribution in [3.8, 4) is 5.75 Å². The molecule has 3 heterocycles. The summed E-state index contributed by atoms with van der Waals surface area (Å²) in [6.07, 6.45) is 9.84. The molecule has 2 atom stereocenters. The molecule has 0 spiro atoms. The highest BCUT2D eigenvalue weighted by atomic mass is 16.5. The number of ether oxygens (including phenoxy) is 1. The number of nitrogens with one attached hydrogen (secondary N) is 3. The fraction of sp³-hybridized carbons (Fsp3) is 0.500. The van der Waals surface area contributed by atoms with E-state index in [2.05, 4.69) is 25.4 Å². The van der Waals surface area contributed by atoms with Crippen LogP contribution in [0.15, 0.2) is 54.7 Å². The maximum Gasteiger partial charge on any atom is 0.243 e. The van der Waals surface area contributed by atoms with Crippen LogP contribution in [0.4, 0.5) is 0 Å². The number of hydrogen-bond acceptors (Lipinski definition) is 5. The molecule has 2 fully saturated rings. The number of rotatable bonds is 11. The standard InChI is InChI=1S/C32H43N5O3/c1-2-40-29-15-7-4-12-24(29)21-34-32(39)28(20-25-22-33-27-14-6-5-13-26(25)27)35-30(38)23-37-19-11-8-16-31(37)36-17-9-3-10-18-36/h4-7,12-15,22,28,31,33H,2-3,8-11,16-21,23H2,1H3,(H,34,39)(H,35,38). The van der Waals surface area contributed by atoms with Crippen molar-refractivity contribution in [1.29, 1.82) is 0 Å². The molecule has 3 aromatic rings. The van der Waals surface area contributed by atoms with Gasteiger partial charge < -0.3 is 20.4 Å². The minimum absolute atomic E-state index is 0.0985. The molecule has 2 saturated heterocycles. The van der Waals surface area contributed by atoms with E-state index in [1.807, 2.05) is 61.7 Å². The lowest BCUT2D eigenvalue weighted by Crippen LogP contribution is -2.56. The normalized spacial score (nSPS) is 19.3. The Morgan fingerprint density at radius 3 is 2.60 bits per heavy atom. The molecule has 2 unspecified atom stereocenters. The Labute approximate surface area is 237 Å². The second kappa shape index (κ2) is 13.8. The fourth-order valence-electron chi connectivity index (χ4n) is 6.19. The van der Waals surface area contributed by atoms with Crippen molar-refractivity contribution in [1.82, 2.24) is 25.4 Å². The molecule has 2 aromatic carbocycles. The van der Waals surface area contributed by atoms with Crippen LogP contribution in [-0.2, 0) is 22.6 Å². The van der Waals surface area contributed by atoms with Gasteiger partial charge in [0.05, 0.1) is 19.3 Å². The predicted octanol–water partition coefficient (Wildman–Crippen LogP) is 4.21. The van der Waals surface area contributed by atoms with Crippen molar-refractivity contribution in [3.05, 3.63) is 65.9 Å². The Morgan fingerprint density at radius 1 is 0.975 bits per heavy atom. The number of nitrogens with zero attached hydrogens (tertiary/aromatic N) is 2. The van der Waals surface area contributed by atoms with Crippen LogP contribution < -0.4 is 15.4 Å². The van der Waals surface area contributed by atoms with Gasteiger partial charge in [0.15, 0.2) is 0 Å². The maximum atomic E-state index is 13.6. The van der Waals surface area contributed by atoms with E-state index in [0.717, 1.165) is 60.3 Å². The minimum Gasteiger partial charge on any atom is -0.494 e. The van der Waals surface area contributed by atoms with Crippen molar-refractivity contribution in [2.75, 3.05) is 32.8 Å². The van der Waals surface area contributed by atoms with Gasteiger partial charge in [0.25, 0.3) is 0 Å². The number of hydrogen-bond donors (Lipinski definition) is 3. The summed E-state index contributed by atoms with van der Waals surface area (Å²) < 4.78 is 5.74. The lowest BCUT2D eigenvalue weighted by Gasteiger charge is -2.44. The highest BCUT2D eigenvalue weighted by Gasteiger charge is 2.31. The van der Waals surface area contributed by atoms with Crippen molar-refractivity contribution >= 4 is 22.7 Å². The molecule has 0 aliphatic carbocycles. The molecule has 8 heteroatoms. The number of likely N-dealkylation sites (tertiary alicyclic amines) is 2. The molecule has 40 heavy (non-hydrogen) atoms. The topological polar surface area (TPSA) is 89.7 Å². The van der Waals surface area contributed by atoms with Crippen LogP contribution in [0.25, 0.3) is 10.9 Å². The Balaban J connectivity index is 1.29. The van der Waals surface area contributed by atoms with Gasteiger partial charge in [-0.1, -0.05) is 42.8 Å². The van der Waals surface area contributed by atoms with E-state index in [9.17, 15) is 9.59 Å². The van der Waals surface area contributed by atoms with Gasteiger partial charge in [-0.3, -0.25) is 19.4 Å². The van der Waals surface area contributed by atoms with Gasteiger partial charge in [-0.2, -0.15) is 0 Å². The number of carbonyl (C=O) groups excluding carboxylic acids is 2. The van der Waals surface area contributed by atoms with Crippen LogP contribution in [-0.4, -0.2) is 71.6 Å². The summed E-state index contributed by atoms with van der Waals surface area (Å²) >= 11 is 0. The maximum absolute atomic E-state index is 13.6. The number of para-hydroxylation sites is 2. The molecule has 0 saturated carbocycles. The monoisotopic (exact) mass is 545 g/mol. The molecule has 2 aliphatic heterocycles. The molecule has 1 aromatic heterocycles. The van der Waals surface area contributed by atoms with E-state index in [4.69, 9.17) is 4.74 Å². The average molecular weight is 546 g/mol. The summed E-state index contributed by atoms with van der Waals surface area (Å²) in [6, 6.07) is 15.1. The van der Waals surface area contributed by atoms with Gasteiger partial charge in [-0.15, -0.1) is 0 Å². The SMILES string of the molecule is CCOc1ccccc1CNC(=O)C(Cc1c[nH]c2ccccc12)NC(=O)CN1CCCCC1N1CCCCC1. The lowest BCUT2D eigenvalue weighted by atomic mass is 10.0. The number of aromatic amines is 1. The third kappa shape index (κ3) is 7.04. The third-order valence-electron chi connectivity index (χ3n) is 8.21. The number of amides is 2. The van der Waals surface area contributed by atoms with E-state index in [-0.39, 0.29) is 11.8 Å². The van der Waals surface area contributed by atoms with Crippen LogP contribution in [0.3, 0.4) is 0 Å². The number of H-pyrrole nitrogens is 1. The third-order valence-corrected chi connectivity index (χ3v) is 8.21. The zero-order valence-corrected chi connectivity index (χ0v) is 23.7. The summed E-state index contributed by atoms with van der Waals surface area (Å²) in [4.78, 5) is 35.2. The summed E-state index contributed by atoms with van der Waals surface area (Å²) in [6.45, 7) is 6.28. The highest BCUT2D eigenvalue weighted by molar-refractivity contribution is 5.90. The molecule has 3 N–H and O–H groups in total. The number of aromatic nitrogens is 1. The fourth-order valence-corrected chi connectivity index (χ4v) is 6.19. The van der Waals surface area contributed by atoms with Gasteiger partial charge >= 0.3 is 0 Å². The second-order valence-corrected chi connectivity index (χ2v) is 11.0. The number of piperidine rings is 2. The van der Waals surface area contributed by atoms with Crippen molar-refractivity contribution in [2.45, 2.75) is 70.6 Å².